The fourth-order valence-corrected chi connectivity index (χ4v) is 3.63. The number of rotatable bonds is 4. The average molecular weight is 394 g/mol. The van der Waals surface area contributed by atoms with E-state index in [1.807, 2.05) is 12.1 Å². The summed E-state index contributed by atoms with van der Waals surface area (Å²) in [6, 6.07) is 18.7. The third-order valence-electron chi connectivity index (χ3n) is 3.88. The van der Waals surface area contributed by atoms with Crippen LogP contribution in [0.2, 0.25) is 5.02 Å². The molecule has 3 aromatic rings. The van der Waals surface area contributed by atoms with Crippen molar-refractivity contribution < 1.29 is 9.72 Å². The van der Waals surface area contributed by atoms with Crippen molar-refractivity contribution in [3.63, 3.8) is 0 Å². The number of hydrogen-bond acceptors (Lipinski definition) is 5. The Morgan fingerprint density at radius 1 is 1.00 bits per heavy atom. The van der Waals surface area contributed by atoms with Gasteiger partial charge in [-0.15, -0.1) is 0 Å². The number of nitrogens with one attached hydrogen (secondary N) is 1. The maximum Gasteiger partial charge on any atom is 0.289 e. The van der Waals surface area contributed by atoms with E-state index in [0.717, 1.165) is 4.90 Å². The summed E-state index contributed by atoms with van der Waals surface area (Å²) in [6.07, 6.45) is 0. The molecule has 1 aromatic heterocycles. The number of nitrogen functional groups attached to an aromatic ring is 1. The summed E-state index contributed by atoms with van der Waals surface area (Å²) < 4.78 is 5.18. The number of ether oxygens (including phenoxy) is 1. The highest BCUT2D eigenvalue weighted by atomic mass is 35.5. The summed E-state index contributed by atoms with van der Waals surface area (Å²) in [5.74, 6) is 0.890. The Morgan fingerprint density at radius 3 is 2.19 bits per heavy atom. The Morgan fingerprint density at radius 2 is 1.63 bits per heavy atom. The van der Waals surface area contributed by atoms with Crippen LogP contribution in [0.5, 0.6) is 5.75 Å². The molecule has 0 atom stereocenters. The molecule has 0 unspecified atom stereocenters. The number of aromatic amines is 1. The van der Waals surface area contributed by atoms with Crippen molar-refractivity contribution in [1.29, 1.82) is 10.5 Å². The van der Waals surface area contributed by atoms with Gasteiger partial charge in [0.25, 0.3) is 5.82 Å². The number of nitriles is 2. The van der Waals surface area contributed by atoms with E-state index in [0.29, 0.717) is 32.5 Å². The largest absolute Gasteiger partial charge is 0.497 e. The molecule has 3 N–H and O–H groups in total. The van der Waals surface area contributed by atoms with Crippen LogP contribution in [-0.2, 0) is 0 Å². The molecule has 0 saturated carbocycles. The first-order valence-corrected chi connectivity index (χ1v) is 9.03. The highest BCUT2D eigenvalue weighted by molar-refractivity contribution is 7.99. The minimum absolute atomic E-state index is 0.207. The van der Waals surface area contributed by atoms with Gasteiger partial charge >= 0.3 is 0 Å². The fraction of sp³-hybridized carbons (Fsp3) is 0.0500. The maximum absolute atomic E-state index is 9.81. The van der Waals surface area contributed by atoms with Crippen LogP contribution in [-0.4, -0.2) is 7.11 Å². The second-order valence-electron chi connectivity index (χ2n) is 5.50. The Labute approximate surface area is 166 Å². The van der Waals surface area contributed by atoms with Gasteiger partial charge in [0.1, 0.15) is 29.0 Å². The fourth-order valence-electron chi connectivity index (χ4n) is 2.59. The molecular weight excluding hydrogens is 380 g/mol. The molecule has 1 heterocycles. The number of anilines is 1. The molecule has 0 saturated heterocycles. The van der Waals surface area contributed by atoms with Crippen LogP contribution < -0.4 is 15.5 Å². The van der Waals surface area contributed by atoms with Crippen LogP contribution in [0.15, 0.2) is 58.5 Å². The second kappa shape index (κ2) is 8.01. The third-order valence-corrected chi connectivity index (χ3v) is 5.15. The molecule has 0 fully saturated rings. The molecule has 2 aromatic carbocycles. The van der Waals surface area contributed by atoms with Crippen LogP contribution in [0.4, 0.5) is 5.82 Å². The van der Waals surface area contributed by atoms with Crippen molar-refractivity contribution in [2.45, 2.75) is 9.92 Å². The Bertz CT molecular complexity index is 1070. The Balaban J connectivity index is 2.18. The Hall–Kier alpha value is -3.19. The topological polar surface area (TPSA) is 97.0 Å². The van der Waals surface area contributed by atoms with Crippen molar-refractivity contribution in [3.8, 4) is 29.0 Å². The molecule has 132 valence electrons. The molecule has 0 aliphatic rings. The van der Waals surface area contributed by atoms with E-state index in [1.165, 1.54) is 11.8 Å². The molecule has 0 spiro atoms. The van der Waals surface area contributed by atoms with Crippen LogP contribution in [0, 0.1) is 22.7 Å². The third kappa shape index (κ3) is 3.83. The van der Waals surface area contributed by atoms with Gasteiger partial charge in [0, 0.05) is 15.5 Å². The quantitative estimate of drug-likeness (QED) is 0.712. The zero-order chi connectivity index (χ0) is 19.4. The first kappa shape index (κ1) is 18.6. The molecular formula is C20H14ClN4OS+. The highest BCUT2D eigenvalue weighted by Gasteiger charge is 2.24. The number of hydrogen-bond donors (Lipinski definition) is 1. The highest BCUT2D eigenvalue weighted by Crippen LogP contribution is 2.36. The molecule has 0 aliphatic carbocycles. The smallest absolute Gasteiger partial charge is 0.289 e. The summed E-state index contributed by atoms with van der Waals surface area (Å²) in [4.78, 5) is 3.87. The standard InChI is InChI=1S/C20H13ClN4OS/c1-26-14-6-2-12(3-7-14)18-16(10-22)19(24)25-20(17(18)11-23)27-15-8-4-13(21)5-9-15/h2-9H,1H3,(H2,24,25)/p+1. The van der Waals surface area contributed by atoms with Gasteiger partial charge in [0.05, 0.1) is 7.11 Å². The lowest BCUT2D eigenvalue weighted by molar-refractivity contribution is -0.410. The number of nitrogens with two attached hydrogens (primary N) is 1. The molecule has 0 radical (unpaired) electrons. The van der Waals surface area contributed by atoms with Gasteiger partial charge in [-0.2, -0.15) is 10.5 Å². The lowest BCUT2D eigenvalue weighted by atomic mass is 9.97. The van der Waals surface area contributed by atoms with E-state index in [-0.39, 0.29) is 11.4 Å². The minimum atomic E-state index is 0.207. The number of methoxy groups -OCH3 is 1. The number of benzene rings is 2. The van der Waals surface area contributed by atoms with E-state index in [4.69, 9.17) is 22.1 Å². The zero-order valence-corrected chi connectivity index (χ0v) is 15.9. The van der Waals surface area contributed by atoms with E-state index >= 15 is 0 Å². The summed E-state index contributed by atoms with van der Waals surface area (Å²) in [6.45, 7) is 0. The number of aromatic nitrogens is 1. The molecule has 0 bridgehead atoms. The molecule has 3 rings (SSSR count). The van der Waals surface area contributed by atoms with Crippen molar-refractivity contribution in [1.82, 2.24) is 0 Å². The minimum Gasteiger partial charge on any atom is -0.497 e. The van der Waals surface area contributed by atoms with Gasteiger partial charge in [0.15, 0.2) is 5.03 Å². The van der Waals surface area contributed by atoms with Gasteiger partial charge in [-0.25, -0.2) is 4.98 Å². The number of halogens is 1. The SMILES string of the molecule is COc1ccc(-c2c(C#N)c(N)[nH+]c(Sc3ccc(Cl)cc3)c2C#N)cc1. The van der Waals surface area contributed by atoms with Gasteiger partial charge < -0.3 is 4.74 Å². The van der Waals surface area contributed by atoms with E-state index < -0.39 is 0 Å². The number of pyridine rings is 1. The van der Waals surface area contributed by atoms with Gasteiger partial charge in [0.2, 0.25) is 0 Å². The first-order valence-electron chi connectivity index (χ1n) is 7.84. The van der Waals surface area contributed by atoms with E-state index in [2.05, 4.69) is 17.1 Å². The molecule has 7 heteroatoms. The van der Waals surface area contributed by atoms with Crippen LogP contribution in [0.1, 0.15) is 11.1 Å². The van der Waals surface area contributed by atoms with Gasteiger partial charge in [-0.1, -0.05) is 23.7 Å². The summed E-state index contributed by atoms with van der Waals surface area (Å²) in [5, 5.41) is 20.6. The van der Waals surface area contributed by atoms with Crippen LogP contribution in [0.3, 0.4) is 0 Å². The maximum atomic E-state index is 9.81. The predicted molar refractivity (Wildman–Crippen MR) is 104 cm³/mol. The van der Waals surface area contributed by atoms with Crippen molar-refractivity contribution in [3.05, 3.63) is 64.7 Å². The molecule has 27 heavy (non-hydrogen) atoms. The average Bonchev–Trinajstić information content (AvgIpc) is 2.69. The van der Waals surface area contributed by atoms with E-state index in [9.17, 15) is 10.5 Å². The molecule has 0 amide bonds. The van der Waals surface area contributed by atoms with Crippen molar-refractivity contribution >= 4 is 29.2 Å². The Kier molecular flexibility index (Phi) is 5.52. The lowest BCUT2D eigenvalue weighted by Crippen LogP contribution is -2.18. The van der Waals surface area contributed by atoms with Gasteiger partial charge in [-0.3, -0.25) is 5.73 Å². The number of nitrogens with zero attached hydrogens (tertiary/aromatic N) is 2. The number of H-pyrrole nitrogens is 1. The van der Waals surface area contributed by atoms with Gasteiger partial charge in [-0.05, 0) is 53.7 Å². The molecule has 5 nitrogen and oxygen atoms in total. The van der Waals surface area contributed by atoms with Crippen molar-refractivity contribution in [2.75, 3.05) is 12.8 Å². The summed E-state index contributed by atoms with van der Waals surface area (Å²) in [7, 11) is 1.58. The monoisotopic (exact) mass is 393 g/mol. The van der Waals surface area contributed by atoms with Crippen molar-refractivity contribution in [2.24, 2.45) is 0 Å². The predicted octanol–water partition coefficient (Wildman–Crippen LogP) is 4.31. The normalized spacial score (nSPS) is 10.1. The summed E-state index contributed by atoms with van der Waals surface area (Å²) >= 11 is 7.28. The van der Waals surface area contributed by atoms with E-state index in [1.54, 1.807) is 43.5 Å². The first-order chi connectivity index (χ1) is 13.1. The molecule has 0 aliphatic heterocycles. The second-order valence-corrected chi connectivity index (χ2v) is 7.02. The van der Waals surface area contributed by atoms with Crippen LogP contribution in [0.25, 0.3) is 11.1 Å². The lowest BCUT2D eigenvalue weighted by Gasteiger charge is -2.11. The zero-order valence-electron chi connectivity index (χ0n) is 14.3. The van der Waals surface area contributed by atoms with Crippen LogP contribution >= 0.6 is 23.4 Å². The summed E-state index contributed by atoms with van der Waals surface area (Å²) in [5.41, 5.74) is 7.87.